The number of likely N-dealkylation sites (tertiary alicyclic amines) is 1. The van der Waals surface area contributed by atoms with E-state index in [9.17, 15) is 14.0 Å². The van der Waals surface area contributed by atoms with Gasteiger partial charge in [-0.15, -0.1) is 0 Å². The molecule has 1 amide bonds. The first-order chi connectivity index (χ1) is 17.9. The first-order valence-corrected chi connectivity index (χ1v) is 11.8. The molecule has 11 heteroatoms. The van der Waals surface area contributed by atoms with E-state index in [2.05, 4.69) is 15.3 Å². The molecular formula is C26H28FN5O5. The summed E-state index contributed by atoms with van der Waals surface area (Å²) in [7, 11) is 1.39. The number of ketones is 1. The number of halogens is 1. The summed E-state index contributed by atoms with van der Waals surface area (Å²) in [5.41, 5.74) is 6.75. The van der Waals surface area contributed by atoms with E-state index in [1.807, 2.05) is 0 Å². The summed E-state index contributed by atoms with van der Waals surface area (Å²) in [6.45, 7) is 3.25. The van der Waals surface area contributed by atoms with E-state index in [0.717, 1.165) is 18.9 Å². The van der Waals surface area contributed by atoms with Crippen molar-refractivity contribution in [2.24, 2.45) is 0 Å². The minimum Gasteiger partial charge on any atom is -0.496 e. The Labute approximate surface area is 213 Å². The molecule has 0 spiro atoms. The van der Waals surface area contributed by atoms with Gasteiger partial charge in [-0.2, -0.15) is 4.98 Å². The number of ether oxygens (including phenoxy) is 3. The Hall–Kier alpha value is -4.41. The molecule has 1 aliphatic rings. The summed E-state index contributed by atoms with van der Waals surface area (Å²) in [5, 5.41) is 3.03. The molecule has 1 fully saturated rings. The normalized spacial score (nSPS) is 15.1. The summed E-state index contributed by atoms with van der Waals surface area (Å²) in [6, 6.07) is 10.8. The van der Waals surface area contributed by atoms with Crippen molar-refractivity contribution in [3.8, 4) is 11.5 Å². The lowest BCUT2D eigenvalue weighted by molar-refractivity contribution is 0.0612. The molecule has 1 aliphatic heterocycles. The van der Waals surface area contributed by atoms with Crippen LogP contribution in [0.3, 0.4) is 0 Å². The minimum atomic E-state index is -0.575. The second kappa shape index (κ2) is 11.5. The Balaban J connectivity index is 1.39. The van der Waals surface area contributed by atoms with Crippen LogP contribution in [-0.2, 0) is 4.74 Å². The molecule has 0 radical (unpaired) electrons. The fourth-order valence-electron chi connectivity index (χ4n) is 3.99. The number of benzene rings is 2. The van der Waals surface area contributed by atoms with Crippen molar-refractivity contribution in [1.82, 2.24) is 14.9 Å². The quantitative estimate of drug-likeness (QED) is 0.430. The highest BCUT2D eigenvalue weighted by Gasteiger charge is 2.26. The zero-order valence-electron chi connectivity index (χ0n) is 20.6. The number of methoxy groups -OCH3 is 1. The number of nitrogen functional groups attached to an aromatic ring is 1. The van der Waals surface area contributed by atoms with Gasteiger partial charge in [0.1, 0.15) is 29.2 Å². The van der Waals surface area contributed by atoms with Crippen molar-refractivity contribution in [3.63, 3.8) is 0 Å². The van der Waals surface area contributed by atoms with Gasteiger partial charge in [0, 0.05) is 18.4 Å². The Morgan fingerprint density at radius 2 is 1.97 bits per heavy atom. The zero-order chi connectivity index (χ0) is 26.4. The summed E-state index contributed by atoms with van der Waals surface area (Å²) in [5.74, 6) is -0.118. The third kappa shape index (κ3) is 6.24. The lowest BCUT2D eigenvalue weighted by Crippen LogP contribution is -2.44. The van der Waals surface area contributed by atoms with E-state index >= 15 is 0 Å². The van der Waals surface area contributed by atoms with Crippen molar-refractivity contribution in [3.05, 3.63) is 65.6 Å². The highest BCUT2D eigenvalue weighted by molar-refractivity contribution is 6.13. The fourth-order valence-corrected chi connectivity index (χ4v) is 3.99. The van der Waals surface area contributed by atoms with Crippen molar-refractivity contribution < 1.29 is 28.2 Å². The molecule has 37 heavy (non-hydrogen) atoms. The van der Waals surface area contributed by atoms with Crippen molar-refractivity contribution >= 4 is 29.3 Å². The van der Waals surface area contributed by atoms with Gasteiger partial charge in [-0.3, -0.25) is 4.79 Å². The lowest BCUT2D eigenvalue weighted by atomic mass is 10.0. The Morgan fingerprint density at radius 1 is 1.19 bits per heavy atom. The number of anilines is 3. The largest absolute Gasteiger partial charge is 0.496 e. The standard InChI is InChI=1S/C26H28FN5O5/c1-3-36-26(34)32-12-4-5-19(15-32)37-18-9-7-17(8-10-18)30-25-29-14-21(24(28)31-25)23(33)20-13-16(27)6-11-22(20)35-2/h6-11,13-14,19H,3-5,12,15H2,1-2H3,(H3,28,29,30,31). The minimum absolute atomic E-state index is 0.0254. The van der Waals surface area contributed by atoms with Gasteiger partial charge in [-0.25, -0.2) is 14.2 Å². The third-order valence-corrected chi connectivity index (χ3v) is 5.79. The Bertz CT molecular complexity index is 1270. The Kier molecular flexibility index (Phi) is 8.02. The summed E-state index contributed by atoms with van der Waals surface area (Å²) in [6.07, 6.45) is 2.52. The first-order valence-electron chi connectivity index (χ1n) is 11.8. The van der Waals surface area contributed by atoms with Crippen LogP contribution in [0.25, 0.3) is 0 Å². The van der Waals surface area contributed by atoms with Crippen LogP contribution in [0.15, 0.2) is 48.7 Å². The van der Waals surface area contributed by atoms with Crippen molar-refractivity contribution in [2.45, 2.75) is 25.9 Å². The van der Waals surface area contributed by atoms with Crippen molar-refractivity contribution in [1.29, 1.82) is 0 Å². The molecular weight excluding hydrogens is 481 g/mol. The number of hydrogen-bond acceptors (Lipinski definition) is 9. The number of hydrogen-bond donors (Lipinski definition) is 2. The molecule has 4 rings (SSSR count). The molecule has 2 heterocycles. The third-order valence-electron chi connectivity index (χ3n) is 5.79. The second-order valence-electron chi connectivity index (χ2n) is 8.34. The van der Waals surface area contributed by atoms with E-state index in [1.165, 1.54) is 25.4 Å². The number of rotatable bonds is 8. The number of carbonyl (C=O) groups is 2. The predicted octanol–water partition coefficient (Wildman–Crippen LogP) is 4.18. The fraction of sp³-hybridized carbons (Fsp3) is 0.308. The van der Waals surface area contributed by atoms with Gasteiger partial charge < -0.3 is 30.2 Å². The van der Waals surface area contributed by atoms with Crippen LogP contribution < -0.4 is 20.5 Å². The Morgan fingerprint density at radius 3 is 2.68 bits per heavy atom. The maximum Gasteiger partial charge on any atom is 0.409 e. The van der Waals surface area contributed by atoms with Gasteiger partial charge in [0.05, 0.1) is 31.4 Å². The summed E-state index contributed by atoms with van der Waals surface area (Å²) >= 11 is 0. The molecule has 1 atom stereocenters. The summed E-state index contributed by atoms with van der Waals surface area (Å²) < 4.78 is 30.0. The average Bonchev–Trinajstić information content (AvgIpc) is 2.90. The van der Waals surface area contributed by atoms with Gasteiger partial charge in [0.15, 0.2) is 0 Å². The number of nitrogens with two attached hydrogens (primary N) is 1. The molecule has 0 bridgehead atoms. The van der Waals surface area contributed by atoms with Crippen LogP contribution in [0.2, 0.25) is 0 Å². The SMILES string of the molecule is CCOC(=O)N1CCCC(Oc2ccc(Nc3ncc(C(=O)c4cc(F)ccc4OC)c(N)n3)cc2)C1. The molecule has 1 saturated heterocycles. The van der Waals surface area contributed by atoms with E-state index in [0.29, 0.717) is 31.1 Å². The molecule has 3 aromatic rings. The van der Waals surface area contributed by atoms with Gasteiger partial charge in [0.2, 0.25) is 11.7 Å². The van der Waals surface area contributed by atoms with Crippen LogP contribution in [-0.4, -0.2) is 59.7 Å². The van der Waals surface area contributed by atoms with E-state index in [-0.39, 0.29) is 40.8 Å². The number of amides is 1. The topological polar surface area (TPSA) is 129 Å². The molecule has 1 unspecified atom stereocenters. The van der Waals surface area contributed by atoms with Gasteiger partial charge in [-0.1, -0.05) is 0 Å². The van der Waals surface area contributed by atoms with Crippen LogP contribution >= 0.6 is 0 Å². The predicted molar refractivity (Wildman–Crippen MR) is 135 cm³/mol. The second-order valence-corrected chi connectivity index (χ2v) is 8.34. The van der Waals surface area contributed by atoms with Crippen molar-refractivity contribution in [2.75, 3.05) is 37.9 Å². The number of aromatic nitrogens is 2. The maximum absolute atomic E-state index is 13.7. The number of nitrogens with zero attached hydrogens (tertiary/aromatic N) is 3. The molecule has 10 nitrogen and oxygen atoms in total. The summed E-state index contributed by atoms with van der Waals surface area (Å²) in [4.78, 5) is 34.9. The van der Waals surface area contributed by atoms with Crippen LogP contribution in [0.5, 0.6) is 11.5 Å². The molecule has 3 N–H and O–H groups in total. The van der Waals surface area contributed by atoms with Crippen LogP contribution in [0.4, 0.5) is 26.6 Å². The van der Waals surface area contributed by atoms with Gasteiger partial charge >= 0.3 is 6.09 Å². The van der Waals surface area contributed by atoms with Gasteiger partial charge in [-0.05, 0) is 62.2 Å². The smallest absolute Gasteiger partial charge is 0.409 e. The number of carbonyl (C=O) groups excluding carboxylic acids is 2. The number of nitrogens with one attached hydrogen (secondary N) is 1. The van der Waals surface area contributed by atoms with Crippen LogP contribution in [0.1, 0.15) is 35.7 Å². The molecule has 2 aromatic carbocycles. The lowest BCUT2D eigenvalue weighted by Gasteiger charge is -2.32. The molecule has 1 aromatic heterocycles. The van der Waals surface area contributed by atoms with E-state index in [4.69, 9.17) is 19.9 Å². The average molecular weight is 510 g/mol. The highest BCUT2D eigenvalue weighted by atomic mass is 19.1. The van der Waals surface area contributed by atoms with Gasteiger partial charge in [0.25, 0.3) is 0 Å². The molecule has 0 saturated carbocycles. The highest BCUT2D eigenvalue weighted by Crippen LogP contribution is 2.26. The first kappa shape index (κ1) is 25.7. The van der Waals surface area contributed by atoms with E-state index < -0.39 is 11.6 Å². The zero-order valence-corrected chi connectivity index (χ0v) is 20.6. The maximum atomic E-state index is 13.7. The number of piperidine rings is 1. The molecule has 194 valence electrons. The van der Waals surface area contributed by atoms with Crippen LogP contribution in [0, 0.1) is 5.82 Å². The monoisotopic (exact) mass is 509 g/mol. The molecule has 0 aliphatic carbocycles. The van der Waals surface area contributed by atoms with E-state index in [1.54, 1.807) is 36.1 Å².